The van der Waals surface area contributed by atoms with Crippen molar-refractivity contribution in [3.8, 4) is 0 Å². The van der Waals surface area contributed by atoms with Crippen molar-refractivity contribution in [1.29, 1.82) is 0 Å². The molecule has 0 fully saturated rings. The van der Waals surface area contributed by atoms with E-state index in [1.807, 2.05) is 50.4 Å². The van der Waals surface area contributed by atoms with Gasteiger partial charge in [-0.2, -0.15) is 0 Å². The van der Waals surface area contributed by atoms with E-state index >= 15 is 0 Å². The number of benzene rings is 2. The first kappa shape index (κ1) is 23.3. The molecule has 31 heavy (non-hydrogen) atoms. The van der Waals surface area contributed by atoms with Crippen molar-refractivity contribution in [3.63, 3.8) is 0 Å². The molecule has 164 valence electrons. The number of nitrogens with two attached hydrogens (primary N) is 1. The van der Waals surface area contributed by atoms with Crippen LogP contribution in [0.4, 0.5) is 0 Å². The number of aromatic nitrogens is 2. The van der Waals surface area contributed by atoms with E-state index in [1.165, 1.54) is 0 Å². The second-order valence-electron chi connectivity index (χ2n) is 8.02. The molecule has 1 aromatic heterocycles. The summed E-state index contributed by atoms with van der Waals surface area (Å²) >= 11 is 12.5. The topological polar surface area (TPSA) is 64.2 Å². The average molecular weight is 459 g/mol. The molecule has 1 atom stereocenters. The van der Waals surface area contributed by atoms with Crippen LogP contribution in [0, 0.1) is 5.92 Å². The molecule has 0 saturated heterocycles. The van der Waals surface area contributed by atoms with Gasteiger partial charge in [0.2, 0.25) is 5.91 Å². The molecule has 5 nitrogen and oxygen atoms in total. The highest BCUT2D eigenvalue weighted by Crippen LogP contribution is 2.26. The van der Waals surface area contributed by atoms with Gasteiger partial charge in [0.15, 0.2) is 0 Å². The van der Waals surface area contributed by atoms with Gasteiger partial charge >= 0.3 is 0 Å². The van der Waals surface area contributed by atoms with Gasteiger partial charge in [-0.1, -0.05) is 79.5 Å². The predicted octanol–water partition coefficient (Wildman–Crippen LogP) is 4.79. The zero-order chi connectivity index (χ0) is 22.4. The number of nitrogens with zero attached hydrogens (tertiary/aromatic N) is 3. The maximum atomic E-state index is 12.2. The van der Waals surface area contributed by atoms with Crippen LogP contribution < -0.4 is 5.73 Å². The first-order valence-corrected chi connectivity index (χ1v) is 11.1. The number of halogens is 2. The third-order valence-electron chi connectivity index (χ3n) is 5.37. The van der Waals surface area contributed by atoms with Crippen molar-refractivity contribution in [2.45, 2.75) is 39.4 Å². The number of hydrogen-bond acceptors (Lipinski definition) is 3. The van der Waals surface area contributed by atoms with Crippen molar-refractivity contribution in [1.82, 2.24) is 14.5 Å². The summed E-state index contributed by atoms with van der Waals surface area (Å²) in [4.78, 5) is 18.7. The number of imidazole rings is 1. The Morgan fingerprint density at radius 2 is 1.87 bits per heavy atom. The normalized spacial score (nSPS) is 12.5. The van der Waals surface area contributed by atoms with Crippen LogP contribution in [0.25, 0.3) is 0 Å². The van der Waals surface area contributed by atoms with E-state index < -0.39 is 0 Å². The number of primary amides is 1. The van der Waals surface area contributed by atoms with Crippen LogP contribution in [0.5, 0.6) is 0 Å². The Balaban J connectivity index is 1.78. The van der Waals surface area contributed by atoms with E-state index in [4.69, 9.17) is 28.9 Å². The highest BCUT2D eigenvalue weighted by molar-refractivity contribution is 6.42. The Morgan fingerprint density at radius 1 is 1.13 bits per heavy atom. The number of carbonyl (C=O) groups is 1. The minimum Gasteiger partial charge on any atom is -0.368 e. The van der Waals surface area contributed by atoms with Crippen LogP contribution in [0.1, 0.15) is 30.7 Å². The largest absolute Gasteiger partial charge is 0.368 e. The molecule has 0 bridgehead atoms. The Bertz CT molecular complexity index is 1000. The molecule has 2 aromatic carbocycles. The van der Waals surface area contributed by atoms with E-state index in [9.17, 15) is 4.79 Å². The van der Waals surface area contributed by atoms with Gasteiger partial charge in [0.25, 0.3) is 0 Å². The predicted molar refractivity (Wildman–Crippen MR) is 126 cm³/mol. The third kappa shape index (κ3) is 6.10. The summed E-state index contributed by atoms with van der Waals surface area (Å²) < 4.78 is 2.06. The zero-order valence-corrected chi connectivity index (χ0v) is 19.4. The summed E-state index contributed by atoms with van der Waals surface area (Å²) in [5.74, 6) is -0.193. The molecule has 1 amide bonds. The number of hydrogen-bond donors (Lipinski definition) is 1. The zero-order valence-electron chi connectivity index (χ0n) is 17.8. The second-order valence-corrected chi connectivity index (χ2v) is 8.81. The summed E-state index contributed by atoms with van der Waals surface area (Å²) in [6.45, 7) is 5.96. The Labute approximate surface area is 193 Å². The lowest BCUT2D eigenvalue weighted by Gasteiger charge is -2.32. The Kier molecular flexibility index (Phi) is 8.13. The van der Waals surface area contributed by atoms with Crippen molar-refractivity contribution >= 4 is 29.1 Å². The monoisotopic (exact) mass is 458 g/mol. The summed E-state index contributed by atoms with van der Waals surface area (Å²) in [5, 5.41) is 1.10. The molecule has 0 aliphatic rings. The summed E-state index contributed by atoms with van der Waals surface area (Å²) in [6, 6.07) is 15.4. The van der Waals surface area contributed by atoms with E-state index in [0.717, 1.165) is 23.2 Å². The molecule has 2 N–H and O–H groups in total. The molecule has 0 unspecified atom stereocenters. The van der Waals surface area contributed by atoms with Crippen LogP contribution in [0.2, 0.25) is 10.0 Å². The molecule has 0 radical (unpaired) electrons. The standard InChI is InChI=1S/C24H28Cl2N4O/c1-17(2)23(24(27)31)29(14-18-7-4-3-5-8-18)12-11-20-13-28-16-30(20)15-19-9-6-10-21(25)22(19)26/h3-10,13,16-17,23H,11-12,14-15H2,1-2H3,(H2,27,31)/t23-/m0/s1. The van der Waals surface area contributed by atoms with E-state index in [2.05, 4.69) is 26.6 Å². The third-order valence-corrected chi connectivity index (χ3v) is 6.23. The highest BCUT2D eigenvalue weighted by atomic mass is 35.5. The summed E-state index contributed by atoms with van der Waals surface area (Å²) in [5.41, 5.74) is 8.92. The van der Waals surface area contributed by atoms with E-state index in [0.29, 0.717) is 29.7 Å². The number of rotatable bonds is 10. The van der Waals surface area contributed by atoms with Crippen LogP contribution in [0.3, 0.4) is 0 Å². The van der Waals surface area contributed by atoms with E-state index in [1.54, 1.807) is 12.4 Å². The van der Waals surface area contributed by atoms with Crippen molar-refractivity contribution in [2.75, 3.05) is 6.54 Å². The first-order chi connectivity index (χ1) is 14.9. The van der Waals surface area contributed by atoms with Gasteiger partial charge in [0.1, 0.15) is 0 Å². The number of amides is 1. The van der Waals surface area contributed by atoms with E-state index in [-0.39, 0.29) is 17.9 Å². The highest BCUT2D eigenvalue weighted by Gasteiger charge is 2.27. The maximum Gasteiger partial charge on any atom is 0.235 e. The van der Waals surface area contributed by atoms with Gasteiger partial charge in [-0.05, 0) is 23.1 Å². The Hall–Kier alpha value is -2.34. The minimum atomic E-state index is -0.348. The van der Waals surface area contributed by atoms with Crippen molar-refractivity contribution < 1.29 is 4.79 Å². The van der Waals surface area contributed by atoms with Crippen LogP contribution >= 0.6 is 23.2 Å². The lowest BCUT2D eigenvalue weighted by molar-refractivity contribution is -0.125. The fraction of sp³-hybridized carbons (Fsp3) is 0.333. The first-order valence-electron chi connectivity index (χ1n) is 10.4. The molecule has 0 aliphatic heterocycles. The van der Waals surface area contributed by atoms with Crippen molar-refractivity contribution in [2.24, 2.45) is 11.7 Å². The second kappa shape index (κ2) is 10.8. The van der Waals surface area contributed by atoms with Crippen LogP contribution in [0.15, 0.2) is 61.1 Å². The lowest BCUT2D eigenvalue weighted by atomic mass is 10.0. The maximum absolute atomic E-state index is 12.2. The van der Waals surface area contributed by atoms with Crippen LogP contribution in [-0.2, 0) is 24.3 Å². The summed E-state index contributed by atoms with van der Waals surface area (Å²) in [7, 11) is 0. The van der Waals surface area contributed by atoms with Gasteiger partial charge in [-0.15, -0.1) is 0 Å². The molecule has 1 heterocycles. The Morgan fingerprint density at radius 3 is 2.55 bits per heavy atom. The van der Waals surface area contributed by atoms with Gasteiger partial charge in [0.05, 0.1) is 29.0 Å². The van der Waals surface area contributed by atoms with Gasteiger partial charge in [-0.25, -0.2) is 4.98 Å². The van der Waals surface area contributed by atoms with Crippen molar-refractivity contribution in [3.05, 3.63) is 87.9 Å². The van der Waals surface area contributed by atoms with Gasteiger partial charge in [0, 0.05) is 31.4 Å². The molecule has 0 aliphatic carbocycles. The SMILES string of the molecule is CC(C)[C@@H](C(N)=O)N(CCc1cncn1Cc1cccc(Cl)c1Cl)Cc1ccccc1. The molecule has 0 spiro atoms. The fourth-order valence-corrected chi connectivity index (χ4v) is 4.26. The quantitative estimate of drug-likeness (QED) is 0.474. The molecule has 3 rings (SSSR count). The van der Waals surface area contributed by atoms with Gasteiger partial charge in [-0.3, -0.25) is 9.69 Å². The van der Waals surface area contributed by atoms with Crippen LogP contribution in [-0.4, -0.2) is 32.9 Å². The molecule has 7 heteroatoms. The molecular formula is C24H28Cl2N4O. The summed E-state index contributed by atoms with van der Waals surface area (Å²) in [6.07, 6.45) is 4.37. The molecule has 3 aromatic rings. The minimum absolute atomic E-state index is 0.108. The fourth-order valence-electron chi connectivity index (χ4n) is 3.88. The lowest BCUT2D eigenvalue weighted by Crippen LogP contribution is -2.48. The molecular weight excluding hydrogens is 431 g/mol. The average Bonchev–Trinajstić information content (AvgIpc) is 3.17. The number of carbonyl (C=O) groups excluding carboxylic acids is 1. The molecule has 0 saturated carbocycles. The smallest absolute Gasteiger partial charge is 0.235 e. The van der Waals surface area contributed by atoms with Gasteiger partial charge < -0.3 is 10.3 Å².